The Bertz CT molecular complexity index is 311. The van der Waals surface area contributed by atoms with E-state index in [4.69, 9.17) is 11.6 Å². The van der Waals surface area contributed by atoms with Gasteiger partial charge in [0, 0.05) is 24.0 Å². The van der Waals surface area contributed by atoms with Crippen LogP contribution < -0.4 is 0 Å². The first-order valence-corrected chi connectivity index (χ1v) is 4.94. The van der Waals surface area contributed by atoms with Crippen LogP contribution in [0.5, 0.6) is 0 Å². The highest BCUT2D eigenvalue weighted by Gasteiger charge is 2.45. The number of allylic oxidation sites excluding steroid dienone is 1. The van der Waals surface area contributed by atoms with Gasteiger partial charge in [-0.15, -0.1) is 11.6 Å². The second kappa shape index (κ2) is 4.04. The summed E-state index contributed by atoms with van der Waals surface area (Å²) in [7, 11) is 0. The van der Waals surface area contributed by atoms with Crippen LogP contribution in [0.25, 0.3) is 0 Å². The van der Waals surface area contributed by atoms with Crippen molar-refractivity contribution in [3.05, 3.63) is 11.3 Å². The molecule has 0 aromatic rings. The van der Waals surface area contributed by atoms with Gasteiger partial charge in [0.1, 0.15) is 0 Å². The molecule has 1 aliphatic heterocycles. The predicted molar refractivity (Wildman–Crippen MR) is 50.4 cm³/mol. The molecule has 0 bridgehead atoms. The Kier molecular flexibility index (Phi) is 3.33. The lowest BCUT2D eigenvalue weighted by Crippen LogP contribution is -2.39. The van der Waals surface area contributed by atoms with Crippen LogP contribution in [0.2, 0.25) is 0 Å². The standard InChI is InChI=1S/C9H11ClF3NO/c1-5-6(2)14(4-7(5)3-10)8(15)9(11,12)13/h7H,3-4H2,1-2H3. The minimum Gasteiger partial charge on any atom is -0.308 e. The van der Waals surface area contributed by atoms with Gasteiger partial charge in [-0.05, 0) is 19.4 Å². The van der Waals surface area contributed by atoms with Crippen LogP contribution in [-0.4, -0.2) is 29.4 Å². The van der Waals surface area contributed by atoms with Crippen molar-refractivity contribution in [1.29, 1.82) is 0 Å². The Balaban J connectivity index is 2.89. The van der Waals surface area contributed by atoms with Crippen molar-refractivity contribution in [2.75, 3.05) is 12.4 Å². The fraction of sp³-hybridized carbons (Fsp3) is 0.667. The zero-order chi connectivity index (χ0) is 11.8. The molecule has 2 nitrogen and oxygen atoms in total. The summed E-state index contributed by atoms with van der Waals surface area (Å²) in [6.45, 7) is 3.23. The highest BCUT2D eigenvalue weighted by Crippen LogP contribution is 2.32. The van der Waals surface area contributed by atoms with Crippen molar-refractivity contribution >= 4 is 17.5 Å². The largest absolute Gasteiger partial charge is 0.471 e. The molecule has 0 aromatic carbocycles. The number of halogens is 4. The first-order valence-electron chi connectivity index (χ1n) is 4.41. The second-order valence-electron chi connectivity index (χ2n) is 3.53. The third-order valence-electron chi connectivity index (χ3n) is 2.66. The monoisotopic (exact) mass is 241 g/mol. The van der Waals surface area contributed by atoms with Crippen LogP contribution in [0.3, 0.4) is 0 Å². The summed E-state index contributed by atoms with van der Waals surface area (Å²) in [5, 5.41) is 0. The summed E-state index contributed by atoms with van der Waals surface area (Å²) in [6, 6.07) is 0. The molecule has 1 rings (SSSR count). The normalized spacial score (nSPS) is 22.5. The van der Waals surface area contributed by atoms with Crippen molar-refractivity contribution in [3.8, 4) is 0 Å². The summed E-state index contributed by atoms with van der Waals surface area (Å²) in [5.41, 5.74) is 1.12. The van der Waals surface area contributed by atoms with E-state index in [2.05, 4.69) is 0 Å². The molecule has 15 heavy (non-hydrogen) atoms. The van der Waals surface area contributed by atoms with Gasteiger partial charge in [-0.25, -0.2) is 0 Å². The van der Waals surface area contributed by atoms with Crippen LogP contribution in [-0.2, 0) is 4.79 Å². The number of carbonyl (C=O) groups excluding carboxylic acids is 1. The van der Waals surface area contributed by atoms with Gasteiger partial charge in [-0.3, -0.25) is 4.79 Å². The van der Waals surface area contributed by atoms with Crippen molar-refractivity contribution in [2.24, 2.45) is 5.92 Å². The van der Waals surface area contributed by atoms with Gasteiger partial charge >= 0.3 is 12.1 Å². The molecule has 0 radical (unpaired) electrons. The van der Waals surface area contributed by atoms with Crippen LogP contribution in [0.1, 0.15) is 13.8 Å². The summed E-state index contributed by atoms with van der Waals surface area (Å²) >= 11 is 5.60. The third kappa shape index (κ3) is 2.27. The summed E-state index contributed by atoms with van der Waals surface area (Å²) in [4.78, 5) is 11.8. The van der Waals surface area contributed by atoms with Crippen LogP contribution in [0.4, 0.5) is 13.2 Å². The van der Waals surface area contributed by atoms with Gasteiger partial charge in [-0.2, -0.15) is 13.2 Å². The lowest BCUT2D eigenvalue weighted by Gasteiger charge is -2.19. The molecular weight excluding hydrogens is 231 g/mol. The maximum absolute atomic E-state index is 12.2. The molecule has 0 aromatic heterocycles. The van der Waals surface area contributed by atoms with Crippen molar-refractivity contribution in [2.45, 2.75) is 20.0 Å². The molecule has 1 amide bonds. The quantitative estimate of drug-likeness (QED) is 0.646. The number of alkyl halides is 4. The summed E-state index contributed by atoms with van der Waals surface area (Å²) < 4.78 is 36.6. The van der Waals surface area contributed by atoms with Gasteiger partial charge < -0.3 is 4.90 Å². The number of carbonyl (C=O) groups is 1. The minimum absolute atomic E-state index is 0.0273. The average molecular weight is 242 g/mol. The van der Waals surface area contributed by atoms with Crippen LogP contribution in [0.15, 0.2) is 11.3 Å². The molecular formula is C9H11ClF3NO. The van der Waals surface area contributed by atoms with E-state index >= 15 is 0 Å². The van der Waals surface area contributed by atoms with Gasteiger partial charge in [0.25, 0.3) is 0 Å². The van der Waals surface area contributed by atoms with E-state index in [1.165, 1.54) is 6.92 Å². The number of nitrogens with zero attached hydrogens (tertiary/aromatic N) is 1. The zero-order valence-corrected chi connectivity index (χ0v) is 9.11. The molecule has 0 saturated heterocycles. The molecule has 0 fully saturated rings. The molecule has 6 heteroatoms. The zero-order valence-electron chi connectivity index (χ0n) is 8.36. The van der Waals surface area contributed by atoms with E-state index in [0.717, 1.165) is 10.5 Å². The average Bonchev–Trinajstić information content (AvgIpc) is 2.41. The number of hydrogen-bond acceptors (Lipinski definition) is 1. The maximum atomic E-state index is 12.2. The topological polar surface area (TPSA) is 20.3 Å². The van der Waals surface area contributed by atoms with Crippen molar-refractivity contribution in [1.82, 2.24) is 4.90 Å². The Labute approximate surface area is 90.7 Å². The van der Waals surface area contributed by atoms with Crippen molar-refractivity contribution in [3.63, 3.8) is 0 Å². The lowest BCUT2D eigenvalue weighted by atomic mass is 10.1. The smallest absolute Gasteiger partial charge is 0.308 e. The highest BCUT2D eigenvalue weighted by atomic mass is 35.5. The molecule has 0 N–H and O–H groups in total. The molecule has 1 aliphatic rings. The maximum Gasteiger partial charge on any atom is 0.471 e. The molecule has 0 spiro atoms. The van der Waals surface area contributed by atoms with E-state index in [-0.39, 0.29) is 18.3 Å². The summed E-state index contributed by atoms with van der Waals surface area (Å²) in [6.07, 6.45) is -4.82. The van der Waals surface area contributed by atoms with Gasteiger partial charge in [-0.1, -0.05) is 0 Å². The Hall–Kier alpha value is -0.710. The minimum atomic E-state index is -4.82. The van der Waals surface area contributed by atoms with E-state index in [9.17, 15) is 18.0 Å². The number of hydrogen-bond donors (Lipinski definition) is 0. The molecule has 0 saturated carbocycles. The van der Waals surface area contributed by atoms with Gasteiger partial charge in [0.2, 0.25) is 0 Å². The van der Waals surface area contributed by atoms with E-state index < -0.39 is 12.1 Å². The number of rotatable bonds is 1. The lowest BCUT2D eigenvalue weighted by molar-refractivity contribution is -0.183. The molecule has 1 heterocycles. The Morgan fingerprint density at radius 3 is 2.40 bits per heavy atom. The molecule has 1 atom stereocenters. The SMILES string of the molecule is CC1=C(C)N(C(=O)C(F)(F)F)CC1CCl. The first-order chi connectivity index (χ1) is 6.79. The van der Waals surface area contributed by atoms with E-state index in [1.807, 2.05) is 0 Å². The fourth-order valence-electron chi connectivity index (χ4n) is 1.56. The fourth-order valence-corrected chi connectivity index (χ4v) is 1.88. The highest BCUT2D eigenvalue weighted by molar-refractivity contribution is 6.18. The van der Waals surface area contributed by atoms with E-state index in [1.54, 1.807) is 6.92 Å². The first kappa shape index (κ1) is 12.4. The second-order valence-corrected chi connectivity index (χ2v) is 3.84. The molecule has 0 aliphatic carbocycles. The predicted octanol–water partition coefficient (Wildman–Crippen LogP) is 2.54. The Morgan fingerprint density at radius 2 is 2.07 bits per heavy atom. The van der Waals surface area contributed by atoms with Crippen LogP contribution in [0, 0.1) is 5.92 Å². The summed E-state index contributed by atoms with van der Waals surface area (Å²) in [5.74, 6) is -1.75. The molecule has 86 valence electrons. The number of amides is 1. The Morgan fingerprint density at radius 1 is 1.53 bits per heavy atom. The van der Waals surface area contributed by atoms with Crippen LogP contribution >= 0.6 is 11.6 Å². The van der Waals surface area contributed by atoms with Gasteiger partial charge in [0.05, 0.1) is 0 Å². The van der Waals surface area contributed by atoms with E-state index in [0.29, 0.717) is 5.70 Å². The third-order valence-corrected chi connectivity index (χ3v) is 3.04. The molecule has 1 unspecified atom stereocenters. The van der Waals surface area contributed by atoms with Gasteiger partial charge in [0.15, 0.2) is 0 Å². The van der Waals surface area contributed by atoms with Crippen molar-refractivity contribution < 1.29 is 18.0 Å².